The first-order chi connectivity index (χ1) is 27.5. The molecule has 3 aliphatic carbocycles. The zero-order valence-corrected chi connectivity index (χ0v) is 33.7. The minimum absolute atomic E-state index is 0.0992. The van der Waals surface area contributed by atoms with Crippen LogP contribution < -0.4 is 5.32 Å². The Kier molecular flexibility index (Phi) is 8.02. The summed E-state index contributed by atoms with van der Waals surface area (Å²) in [5.74, 6) is 0.741. The molecule has 1 N–H and O–H groups in total. The van der Waals surface area contributed by atoms with Crippen molar-refractivity contribution in [2.24, 2.45) is 4.99 Å². The standard InChI is InChI=1S/C53H48N4/c1-51(2,3)39-21-15-33(16-22-39)49-54-29-37(30-55-49)35-19-25-43-44-26-20-36(38-31-56-50(57-32-38)34-17-23-40(24-18-34)52(4,5)6)28-48(44)53(47(43)27-35)45-13-9-7-11-41(45)42-12-8-10-14-46(42)53/h7-9,11-13,15-32,49,54H,10,14H2,1-6H3. The molecule has 0 radical (unpaired) electrons. The highest BCUT2D eigenvalue weighted by Gasteiger charge is 2.52. The van der Waals surface area contributed by atoms with Gasteiger partial charge in [0.05, 0.1) is 5.41 Å². The topological polar surface area (TPSA) is 50.2 Å². The van der Waals surface area contributed by atoms with Crippen LogP contribution in [0.25, 0.3) is 44.8 Å². The van der Waals surface area contributed by atoms with Crippen molar-refractivity contribution in [3.8, 4) is 33.6 Å². The number of hydrogen-bond donors (Lipinski definition) is 1. The number of benzene rings is 5. The van der Waals surface area contributed by atoms with Crippen molar-refractivity contribution in [3.63, 3.8) is 0 Å². The molecule has 2 unspecified atom stereocenters. The normalized spacial score (nSPS) is 19.2. The van der Waals surface area contributed by atoms with Gasteiger partial charge in [0.15, 0.2) is 5.82 Å². The van der Waals surface area contributed by atoms with Gasteiger partial charge in [-0.05, 0) is 108 Å². The van der Waals surface area contributed by atoms with Crippen molar-refractivity contribution >= 4 is 17.4 Å². The van der Waals surface area contributed by atoms with E-state index in [0.717, 1.165) is 52.1 Å². The summed E-state index contributed by atoms with van der Waals surface area (Å²) in [7, 11) is 0. The fourth-order valence-electron chi connectivity index (χ4n) is 9.47. The van der Waals surface area contributed by atoms with Gasteiger partial charge in [0, 0.05) is 41.5 Å². The second kappa shape index (κ2) is 13.0. The average molecular weight is 741 g/mol. The van der Waals surface area contributed by atoms with E-state index >= 15 is 0 Å². The summed E-state index contributed by atoms with van der Waals surface area (Å²) in [5, 5.41) is 3.61. The van der Waals surface area contributed by atoms with Crippen LogP contribution in [0, 0.1) is 0 Å². The van der Waals surface area contributed by atoms with Crippen LogP contribution in [-0.2, 0) is 16.2 Å². The third kappa shape index (κ3) is 5.68. The smallest absolute Gasteiger partial charge is 0.159 e. The molecule has 0 bridgehead atoms. The van der Waals surface area contributed by atoms with Crippen LogP contribution >= 0.6 is 0 Å². The lowest BCUT2D eigenvalue weighted by Crippen LogP contribution is -2.28. The Hall–Kier alpha value is -6.13. The van der Waals surface area contributed by atoms with Crippen LogP contribution in [0.15, 0.2) is 151 Å². The van der Waals surface area contributed by atoms with Crippen molar-refractivity contribution in [3.05, 3.63) is 190 Å². The monoisotopic (exact) mass is 740 g/mol. The summed E-state index contributed by atoms with van der Waals surface area (Å²) in [5.41, 5.74) is 19.9. The summed E-state index contributed by atoms with van der Waals surface area (Å²) in [6, 6.07) is 40.6. The summed E-state index contributed by atoms with van der Waals surface area (Å²) in [4.78, 5) is 14.8. The minimum atomic E-state index is -0.403. The lowest BCUT2D eigenvalue weighted by Gasteiger charge is -2.34. The van der Waals surface area contributed by atoms with Gasteiger partial charge >= 0.3 is 0 Å². The highest BCUT2D eigenvalue weighted by molar-refractivity contribution is 6.11. The van der Waals surface area contributed by atoms with Crippen LogP contribution in [-0.4, -0.2) is 16.2 Å². The van der Waals surface area contributed by atoms with Crippen LogP contribution in [0.3, 0.4) is 0 Å². The van der Waals surface area contributed by atoms with Crippen LogP contribution in [0.1, 0.15) is 105 Å². The Morgan fingerprint density at radius 2 is 1.23 bits per heavy atom. The maximum absolute atomic E-state index is 5.02. The molecule has 10 rings (SSSR count). The van der Waals surface area contributed by atoms with E-state index in [1.165, 1.54) is 55.7 Å². The molecule has 0 saturated carbocycles. The molecule has 4 aliphatic rings. The van der Waals surface area contributed by atoms with Gasteiger partial charge in [-0.3, -0.25) is 4.99 Å². The Balaban J connectivity index is 1.05. The number of hydrogen-bond acceptors (Lipinski definition) is 4. The SMILES string of the molecule is CC(C)(C)c1ccc(-c2ncc(-c3ccc4c(c3)C3(C5=C(C=CCC5)c5ccccc53)c3cc(C5=CNC(c6ccc(C(C)(C)C)cc6)N=C5)ccc3-4)cn2)cc1. The number of nitrogens with zero attached hydrogens (tertiary/aromatic N) is 3. The van der Waals surface area contributed by atoms with Crippen molar-refractivity contribution in [2.45, 2.75) is 76.8 Å². The number of nitrogens with one attached hydrogen (secondary N) is 1. The molecule has 1 aromatic heterocycles. The second-order valence-electron chi connectivity index (χ2n) is 18.1. The first-order valence-corrected chi connectivity index (χ1v) is 20.3. The van der Waals surface area contributed by atoms with E-state index in [1.54, 1.807) is 0 Å². The molecule has 2 atom stereocenters. The Morgan fingerprint density at radius 1 is 0.614 bits per heavy atom. The third-order valence-corrected chi connectivity index (χ3v) is 12.6. The van der Waals surface area contributed by atoms with Crippen molar-refractivity contribution in [1.82, 2.24) is 15.3 Å². The minimum Gasteiger partial charge on any atom is -0.366 e. The molecular weight excluding hydrogens is 693 g/mol. The van der Waals surface area contributed by atoms with Crippen molar-refractivity contribution in [2.75, 3.05) is 0 Å². The first kappa shape index (κ1) is 35.3. The molecule has 2 heterocycles. The lowest BCUT2D eigenvalue weighted by molar-refractivity contribution is 0.588. The van der Waals surface area contributed by atoms with Crippen LogP contribution in [0.4, 0.5) is 0 Å². The van der Waals surface area contributed by atoms with Gasteiger partial charge in [-0.25, -0.2) is 9.97 Å². The molecule has 4 heteroatoms. The van der Waals surface area contributed by atoms with E-state index in [1.807, 2.05) is 18.6 Å². The van der Waals surface area contributed by atoms with Crippen LogP contribution in [0.2, 0.25) is 0 Å². The van der Waals surface area contributed by atoms with Crippen molar-refractivity contribution < 1.29 is 0 Å². The maximum atomic E-state index is 5.02. The fourth-order valence-corrected chi connectivity index (χ4v) is 9.47. The number of rotatable bonds is 4. The van der Waals surface area contributed by atoms with Crippen LogP contribution in [0.5, 0.6) is 0 Å². The van der Waals surface area contributed by atoms with E-state index in [2.05, 4.69) is 174 Å². The molecule has 1 spiro atoms. The summed E-state index contributed by atoms with van der Waals surface area (Å²) >= 11 is 0. The van der Waals surface area contributed by atoms with E-state index < -0.39 is 5.41 Å². The number of fused-ring (bicyclic) bond motifs is 9. The Morgan fingerprint density at radius 3 is 1.88 bits per heavy atom. The summed E-state index contributed by atoms with van der Waals surface area (Å²) in [6.07, 6.45) is 14.8. The van der Waals surface area contributed by atoms with Gasteiger partial charge in [0.1, 0.15) is 6.17 Å². The number of aliphatic imine (C=N–C) groups is 1. The predicted molar refractivity (Wildman–Crippen MR) is 236 cm³/mol. The molecule has 0 saturated heterocycles. The number of aromatic nitrogens is 2. The van der Waals surface area contributed by atoms with E-state index in [9.17, 15) is 0 Å². The fraction of sp³-hybridized carbons (Fsp3) is 0.226. The van der Waals surface area contributed by atoms with Gasteiger partial charge in [-0.2, -0.15) is 0 Å². The summed E-state index contributed by atoms with van der Waals surface area (Å²) in [6.45, 7) is 13.5. The predicted octanol–water partition coefficient (Wildman–Crippen LogP) is 12.6. The van der Waals surface area contributed by atoms with Gasteiger partial charge in [-0.15, -0.1) is 0 Å². The van der Waals surface area contributed by atoms with E-state index in [4.69, 9.17) is 15.0 Å². The van der Waals surface area contributed by atoms with E-state index in [-0.39, 0.29) is 17.0 Å². The van der Waals surface area contributed by atoms with Crippen molar-refractivity contribution in [1.29, 1.82) is 0 Å². The molecular formula is C53H48N4. The van der Waals surface area contributed by atoms with Gasteiger partial charge in [0.2, 0.25) is 0 Å². The second-order valence-corrected chi connectivity index (χ2v) is 18.1. The molecule has 5 aromatic carbocycles. The highest BCUT2D eigenvalue weighted by Crippen LogP contribution is 2.64. The Bertz CT molecular complexity index is 2700. The average Bonchev–Trinajstić information content (AvgIpc) is 3.70. The zero-order chi connectivity index (χ0) is 39.1. The highest BCUT2D eigenvalue weighted by atomic mass is 15.1. The van der Waals surface area contributed by atoms with Gasteiger partial charge < -0.3 is 5.32 Å². The van der Waals surface area contributed by atoms with Gasteiger partial charge in [-0.1, -0.05) is 151 Å². The molecule has 1 aliphatic heterocycles. The quantitative estimate of drug-likeness (QED) is 0.196. The number of allylic oxidation sites excluding steroid dienone is 5. The Labute approximate surface area is 336 Å². The zero-order valence-electron chi connectivity index (χ0n) is 33.7. The summed E-state index contributed by atoms with van der Waals surface area (Å²) < 4.78 is 0. The molecule has 0 amide bonds. The molecule has 0 fully saturated rings. The largest absolute Gasteiger partial charge is 0.366 e. The van der Waals surface area contributed by atoms with E-state index in [0.29, 0.717) is 0 Å². The molecule has 57 heavy (non-hydrogen) atoms. The maximum Gasteiger partial charge on any atom is 0.159 e. The van der Waals surface area contributed by atoms with Gasteiger partial charge in [0.25, 0.3) is 0 Å². The first-order valence-electron chi connectivity index (χ1n) is 20.3. The third-order valence-electron chi connectivity index (χ3n) is 12.6. The molecule has 280 valence electrons. The molecule has 4 nitrogen and oxygen atoms in total. The molecule has 6 aromatic rings. The lowest BCUT2D eigenvalue weighted by atomic mass is 9.67.